The maximum atomic E-state index is 10.7. The molecule has 0 saturated carbocycles. The maximum Gasteiger partial charge on any atom is 0.232 e. The smallest absolute Gasteiger partial charge is 0.232 e. The van der Waals surface area contributed by atoms with Gasteiger partial charge in [0.05, 0.1) is 0 Å². The van der Waals surface area contributed by atoms with E-state index in [0.717, 1.165) is 23.5 Å². The first-order valence-electron chi connectivity index (χ1n) is 5.92. The molecule has 0 spiro atoms. The average Bonchev–Trinajstić information content (AvgIpc) is 2.29. The van der Waals surface area contributed by atoms with E-state index in [1.165, 1.54) is 0 Å². The molecule has 2 atom stereocenters. The van der Waals surface area contributed by atoms with Crippen LogP contribution in [0.15, 0.2) is 18.2 Å². The van der Waals surface area contributed by atoms with Gasteiger partial charge in [0.2, 0.25) is 11.3 Å². The Morgan fingerprint density at radius 2 is 2.22 bits per heavy atom. The van der Waals surface area contributed by atoms with E-state index in [-0.39, 0.29) is 6.04 Å². The largest absolute Gasteiger partial charge is 0.399 e. The molecule has 0 amide bonds. The lowest BCUT2D eigenvalue weighted by atomic mass is 10.1. The van der Waals surface area contributed by atoms with Crippen LogP contribution < -0.4 is 15.4 Å². The molecule has 1 aromatic carbocycles. The second-order valence-electron chi connectivity index (χ2n) is 4.35. The van der Waals surface area contributed by atoms with Crippen LogP contribution in [-0.2, 0) is 11.3 Å². The van der Waals surface area contributed by atoms with E-state index >= 15 is 0 Å². The Bertz CT molecular complexity index is 426. The van der Waals surface area contributed by atoms with Crippen LogP contribution in [0.25, 0.3) is 0 Å². The van der Waals surface area contributed by atoms with Gasteiger partial charge in [-0.05, 0) is 44.5 Å². The van der Waals surface area contributed by atoms with Crippen molar-refractivity contribution in [2.75, 3.05) is 23.7 Å². The van der Waals surface area contributed by atoms with Crippen molar-refractivity contribution in [1.82, 2.24) is 4.72 Å². The van der Waals surface area contributed by atoms with E-state index in [1.807, 2.05) is 39.0 Å². The number of likely N-dealkylation sites (N-methyl/N-ethyl adjacent to an activating group) is 1. The van der Waals surface area contributed by atoms with Crippen LogP contribution in [0.4, 0.5) is 11.4 Å². The van der Waals surface area contributed by atoms with Crippen molar-refractivity contribution in [3.05, 3.63) is 23.8 Å². The van der Waals surface area contributed by atoms with Gasteiger partial charge >= 0.3 is 0 Å². The fourth-order valence-electron chi connectivity index (χ4n) is 1.81. The molecule has 0 aliphatic heterocycles. The van der Waals surface area contributed by atoms with Crippen LogP contribution in [-0.4, -0.2) is 27.9 Å². The molecule has 0 aliphatic carbocycles. The Morgan fingerprint density at radius 3 is 2.72 bits per heavy atom. The molecule has 0 aromatic heterocycles. The quantitative estimate of drug-likeness (QED) is 0.541. The molecule has 102 valence electrons. The molecular formula is C12H21N3O2S. The number of hydrogen-bond donors (Lipinski definition) is 3. The normalized spacial score (nSPS) is 14.2. The maximum absolute atomic E-state index is 10.7. The predicted molar refractivity (Wildman–Crippen MR) is 76.8 cm³/mol. The van der Waals surface area contributed by atoms with Crippen LogP contribution in [0.2, 0.25) is 0 Å². The summed E-state index contributed by atoms with van der Waals surface area (Å²) >= 11 is -1.98. The number of nitrogens with zero attached hydrogens (tertiary/aromatic N) is 1. The first kappa shape index (κ1) is 14.9. The zero-order valence-electron chi connectivity index (χ0n) is 11.0. The summed E-state index contributed by atoms with van der Waals surface area (Å²) in [7, 11) is 0. The highest BCUT2D eigenvalue weighted by atomic mass is 32.2. The van der Waals surface area contributed by atoms with Crippen LogP contribution in [0.1, 0.15) is 19.4 Å². The van der Waals surface area contributed by atoms with Gasteiger partial charge in [-0.15, -0.1) is 0 Å². The van der Waals surface area contributed by atoms with Crippen LogP contribution in [0.3, 0.4) is 0 Å². The summed E-state index contributed by atoms with van der Waals surface area (Å²) in [5.74, 6) is 0. The highest BCUT2D eigenvalue weighted by Gasteiger charge is 2.11. The molecule has 4 N–H and O–H groups in total. The molecule has 2 unspecified atom stereocenters. The zero-order chi connectivity index (χ0) is 13.7. The first-order valence-corrected chi connectivity index (χ1v) is 7.02. The van der Waals surface area contributed by atoms with E-state index in [4.69, 9.17) is 10.3 Å². The van der Waals surface area contributed by atoms with Crippen LogP contribution in [0, 0.1) is 6.92 Å². The number of hydrogen-bond acceptors (Lipinski definition) is 3. The number of nitrogen functional groups attached to an aromatic ring is 1. The van der Waals surface area contributed by atoms with Gasteiger partial charge < -0.3 is 10.6 Å². The van der Waals surface area contributed by atoms with E-state index in [2.05, 4.69) is 9.62 Å². The Labute approximate surface area is 111 Å². The van der Waals surface area contributed by atoms with Crippen LogP contribution >= 0.6 is 0 Å². The molecule has 18 heavy (non-hydrogen) atoms. The highest BCUT2D eigenvalue weighted by molar-refractivity contribution is 7.77. The Kier molecular flexibility index (Phi) is 5.58. The average molecular weight is 271 g/mol. The summed E-state index contributed by atoms with van der Waals surface area (Å²) in [6.45, 7) is 7.38. The molecule has 0 fully saturated rings. The highest BCUT2D eigenvalue weighted by Crippen LogP contribution is 2.20. The van der Waals surface area contributed by atoms with E-state index < -0.39 is 11.3 Å². The third kappa shape index (κ3) is 4.29. The molecule has 0 radical (unpaired) electrons. The molecule has 6 heteroatoms. The third-order valence-electron chi connectivity index (χ3n) is 2.80. The number of nitrogens with one attached hydrogen (secondary N) is 1. The van der Waals surface area contributed by atoms with Crippen LogP contribution in [0.5, 0.6) is 0 Å². The Morgan fingerprint density at radius 1 is 1.56 bits per heavy atom. The summed E-state index contributed by atoms with van der Waals surface area (Å²) in [4.78, 5) is 2.14. The minimum absolute atomic E-state index is 0.0753. The lowest BCUT2D eigenvalue weighted by Gasteiger charge is -2.27. The van der Waals surface area contributed by atoms with Crippen molar-refractivity contribution in [3.8, 4) is 0 Å². The SMILES string of the molecule is CCN(CC(C)NS(=O)O)c1ccc(N)c(C)c1. The van der Waals surface area contributed by atoms with Crippen molar-refractivity contribution in [1.29, 1.82) is 0 Å². The molecule has 1 rings (SSSR count). The molecule has 0 aliphatic rings. The number of benzene rings is 1. The third-order valence-corrected chi connectivity index (χ3v) is 3.40. The number of nitrogens with two attached hydrogens (primary N) is 1. The monoisotopic (exact) mass is 271 g/mol. The zero-order valence-corrected chi connectivity index (χ0v) is 11.8. The molecule has 0 heterocycles. The first-order chi connectivity index (χ1) is 8.43. The fraction of sp³-hybridized carbons (Fsp3) is 0.500. The minimum atomic E-state index is -1.98. The number of aryl methyl sites for hydroxylation is 1. The molecular weight excluding hydrogens is 250 g/mol. The van der Waals surface area contributed by atoms with Gasteiger partial charge in [-0.25, -0.2) is 8.93 Å². The van der Waals surface area contributed by atoms with Crippen molar-refractivity contribution in [2.24, 2.45) is 0 Å². The van der Waals surface area contributed by atoms with Gasteiger partial charge in [0, 0.05) is 30.5 Å². The summed E-state index contributed by atoms with van der Waals surface area (Å²) in [6.07, 6.45) is 0. The fourth-order valence-corrected chi connectivity index (χ4v) is 2.23. The molecule has 1 aromatic rings. The van der Waals surface area contributed by atoms with Gasteiger partial charge in [-0.2, -0.15) is 0 Å². The second-order valence-corrected chi connectivity index (χ2v) is 5.08. The van der Waals surface area contributed by atoms with Gasteiger partial charge in [0.15, 0.2) is 0 Å². The number of rotatable bonds is 6. The summed E-state index contributed by atoms with van der Waals surface area (Å²) in [5.41, 5.74) is 8.68. The Hall–Kier alpha value is -1.11. The van der Waals surface area contributed by atoms with E-state index in [9.17, 15) is 4.21 Å². The molecule has 5 nitrogen and oxygen atoms in total. The minimum Gasteiger partial charge on any atom is -0.399 e. The van der Waals surface area contributed by atoms with E-state index in [0.29, 0.717) is 6.54 Å². The lowest BCUT2D eigenvalue weighted by molar-refractivity contribution is 0.528. The Balaban J connectivity index is 2.76. The summed E-state index contributed by atoms with van der Waals surface area (Å²) < 4.78 is 22.0. The van der Waals surface area contributed by atoms with Crippen molar-refractivity contribution in [2.45, 2.75) is 26.8 Å². The summed E-state index contributed by atoms with van der Waals surface area (Å²) in [5, 5.41) is 0. The topological polar surface area (TPSA) is 78.6 Å². The van der Waals surface area contributed by atoms with Crippen molar-refractivity contribution in [3.63, 3.8) is 0 Å². The second kappa shape index (κ2) is 6.72. The molecule has 0 saturated heterocycles. The van der Waals surface area contributed by atoms with E-state index in [1.54, 1.807) is 0 Å². The standard InChI is InChI=1S/C12H21N3O2S/c1-4-15(8-10(3)14-18(16)17)11-5-6-12(13)9(2)7-11/h5-7,10,14H,4,8,13H2,1-3H3,(H,16,17). The van der Waals surface area contributed by atoms with Crippen molar-refractivity contribution >= 4 is 22.6 Å². The van der Waals surface area contributed by atoms with Gasteiger partial charge in [-0.3, -0.25) is 4.55 Å². The summed E-state index contributed by atoms with van der Waals surface area (Å²) in [6, 6.07) is 5.81. The van der Waals surface area contributed by atoms with Gasteiger partial charge in [0.1, 0.15) is 0 Å². The predicted octanol–water partition coefficient (Wildman–Crippen LogP) is 1.52. The number of anilines is 2. The van der Waals surface area contributed by atoms with Gasteiger partial charge in [-0.1, -0.05) is 0 Å². The molecule has 0 bridgehead atoms. The lowest BCUT2D eigenvalue weighted by Crippen LogP contribution is -2.39. The van der Waals surface area contributed by atoms with Crippen molar-refractivity contribution < 1.29 is 8.76 Å². The van der Waals surface area contributed by atoms with Gasteiger partial charge in [0.25, 0.3) is 0 Å².